The Bertz CT molecular complexity index is 1260. The van der Waals surface area contributed by atoms with Gasteiger partial charge in [-0.3, -0.25) is 24.2 Å². The van der Waals surface area contributed by atoms with Crippen molar-refractivity contribution < 1.29 is 23.9 Å². The maximum Gasteiger partial charge on any atom is 0.358 e. The molecule has 0 unspecified atom stereocenters. The third-order valence-corrected chi connectivity index (χ3v) is 6.59. The fourth-order valence-electron chi connectivity index (χ4n) is 3.85. The molecule has 0 aliphatic carbocycles. The van der Waals surface area contributed by atoms with Gasteiger partial charge < -0.3 is 4.74 Å². The van der Waals surface area contributed by atoms with E-state index in [0.717, 1.165) is 10.5 Å². The number of imide groups is 1. The molecule has 3 amide bonds. The van der Waals surface area contributed by atoms with Gasteiger partial charge in [-0.25, -0.2) is 9.78 Å². The molecule has 0 N–H and O–H groups in total. The molecule has 1 aliphatic heterocycles. The van der Waals surface area contributed by atoms with E-state index in [1.807, 2.05) is 30.3 Å². The number of aromatic nitrogens is 1. The molecule has 1 saturated heterocycles. The van der Waals surface area contributed by atoms with Crippen LogP contribution in [-0.4, -0.2) is 41.8 Å². The van der Waals surface area contributed by atoms with Gasteiger partial charge in [0.05, 0.1) is 12.3 Å². The van der Waals surface area contributed by atoms with Crippen LogP contribution in [0.25, 0.3) is 0 Å². The van der Waals surface area contributed by atoms with Gasteiger partial charge in [0.15, 0.2) is 10.8 Å². The first-order chi connectivity index (χ1) is 16.9. The summed E-state index contributed by atoms with van der Waals surface area (Å²) in [6.07, 6.45) is 0.896. The highest BCUT2D eigenvalue weighted by molar-refractivity contribution is 7.16. The van der Waals surface area contributed by atoms with E-state index < -0.39 is 5.97 Å². The Labute approximate surface area is 207 Å². The van der Waals surface area contributed by atoms with Crippen LogP contribution in [0, 0.1) is 6.92 Å². The van der Waals surface area contributed by atoms with E-state index in [1.165, 1.54) is 16.2 Å². The van der Waals surface area contributed by atoms with Crippen LogP contribution in [0.2, 0.25) is 0 Å². The molecule has 0 saturated carbocycles. The molecule has 4 rings (SSSR count). The molecule has 0 bridgehead atoms. The largest absolute Gasteiger partial charge is 0.461 e. The molecule has 35 heavy (non-hydrogen) atoms. The molecular formula is C26H25N3O5S. The second kappa shape index (κ2) is 10.6. The predicted octanol–water partition coefficient (Wildman–Crippen LogP) is 4.17. The van der Waals surface area contributed by atoms with Crippen LogP contribution in [0.1, 0.15) is 51.1 Å². The fourth-order valence-corrected chi connectivity index (χ4v) is 4.78. The summed E-state index contributed by atoms with van der Waals surface area (Å²) in [5.74, 6) is -1.44. The highest BCUT2D eigenvalue weighted by atomic mass is 32.1. The third-order valence-electron chi connectivity index (χ3n) is 5.60. The standard InChI is InChI=1S/C26H25N3O5S/c1-3-34-25(33)23-17(2)35-26(27-23)28(15-14-18-8-5-4-6-9-18)24(32)19-10-7-11-20(16-19)29-21(30)12-13-22(29)31/h4-11,16H,3,12-15H2,1-2H3. The molecule has 1 aromatic heterocycles. The predicted molar refractivity (Wildman–Crippen MR) is 133 cm³/mol. The number of amides is 3. The molecule has 0 spiro atoms. The highest BCUT2D eigenvalue weighted by Gasteiger charge is 2.31. The summed E-state index contributed by atoms with van der Waals surface area (Å²) in [7, 11) is 0. The third kappa shape index (κ3) is 5.30. The second-order valence-corrected chi connectivity index (χ2v) is 9.17. The van der Waals surface area contributed by atoms with E-state index in [9.17, 15) is 19.2 Å². The van der Waals surface area contributed by atoms with Gasteiger partial charge in [0.2, 0.25) is 11.8 Å². The van der Waals surface area contributed by atoms with E-state index in [4.69, 9.17) is 4.74 Å². The zero-order chi connectivity index (χ0) is 24.9. The van der Waals surface area contributed by atoms with E-state index >= 15 is 0 Å². The first-order valence-corrected chi connectivity index (χ1v) is 12.2. The number of hydrogen-bond donors (Lipinski definition) is 0. The van der Waals surface area contributed by atoms with Crippen molar-refractivity contribution in [3.63, 3.8) is 0 Å². The van der Waals surface area contributed by atoms with Crippen molar-refractivity contribution in [2.45, 2.75) is 33.1 Å². The summed E-state index contributed by atoms with van der Waals surface area (Å²) in [6, 6.07) is 16.2. The molecule has 8 nitrogen and oxygen atoms in total. The maximum atomic E-state index is 13.7. The molecule has 2 aromatic carbocycles. The molecule has 0 radical (unpaired) electrons. The van der Waals surface area contributed by atoms with Crippen molar-refractivity contribution >= 4 is 45.8 Å². The smallest absolute Gasteiger partial charge is 0.358 e. The number of benzene rings is 2. The minimum absolute atomic E-state index is 0.162. The van der Waals surface area contributed by atoms with Crippen molar-refractivity contribution in [2.75, 3.05) is 23.0 Å². The molecule has 1 fully saturated rings. The minimum Gasteiger partial charge on any atom is -0.461 e. The Balaban J connectivity index is 1.67. The summed E-state index contributed by atoms with van der Waals surface area (Å²) < 4.78 is 5.10. The maximum absolute atomic E-state index is 13.7. The summed E-state index contributed by atoms with van der Waals surface area (Å²) >= 11 is 1.24. The van der Waals surface area contributed by atoms with Gasteiger partial charge in [0.25, 0.3) is 5.91 Å². The SMILES string of the molecule is CCOC(=O)c1nc(N(CCc2ccccc2)C(=O)c2cccc(N3C(=O)CCC3=O)c2)sc1C. The number of esters is 1. The second-order valence-electron chi connectivity index (χ2n) is 7.99. The number of anilines is 2. The molecule has 180 valence electrons. The summed E-state index contributed by atoms with van der Waals surface area (Å²) in [5.41, 5.74) is 1.92. The van der Waals surface area contributed by atoms with Gasteiger partial charge >= 0.3 is 5.97 Å². The Hall–Kier alpha value is -3.85. The molecule has 2 heterocycles. The van der Waals surface area contributed by atoms with E-state index in [1.54, 1.807) is 38.1 Å². The van der Waals surface area contributed by atoms with E-state index in [0.29, 0.717) is 34.2 Å². The monoisotopic (exact) mass is 491 g/mol. The summed E-state index contributed by atoms with van der Waals surface area (Å²) in [5, 5.41) is 0.380. The highest BCUT2D eigenvalue weighted by Crippen LogP contribution is 2.29. The number of thiazole rings is 1. The van der Waals surface area contributed by atoms with Crippen molar-refractivity contribution in [1.29, 1.82) is 0 Å². The first kappa shape index (κ1) is 24.3. The van der Waals surface area contributed by atoms with Crippen molar-refractivity contribution in [3.05, 3.63) is 76.3 Å². The quantitative estimate of drug-likeness (QED) is 0.347. The average molecular weight is 492 g/mol. The van der Waals surface area contributed by atoms with Crippen molar-refractivity contribution in [1.82, 2.24) is 4.98 Å². The zero-order valence-electron chi connectivity index (χ0n) is 19.5. The molecule has 1 aliphatic rings. The zero-order valence-corrected chi connectivity index (χ0v) is 20.3. The lowest BCUT2D eigenvalue weighted by molar-refractivity contribution is -0.121. The Morgan fingerprint density at radius 3 is 2.46 bits per heavy atom. The minimum atomic E-state index is -0.531. The fraction of sp³-hybridized carbons (Fsp3) is 0.269. The average Bonchev–Trinajstić information content (AvgIpc) is 3.41. The number of carbonyl (C=O) groups is 4. The number of nitrogens with zero attached hydrogens (tertiary/aromatic N) is 3. The van der Waals surface area contributed by atoms with Gasteiger partial charge in [0.1, 0.15) is 0 Å². The molecule has 0 atom stereocenters. The van der Waals surface area contributed by atoms with Gasteiger partial charge in [0, 0.05) is 29.8 Å². The molecule has 3 aromatic rings. The lowest BCUT2D eigenvalue weighted by Crippen LogP contribution is -2.33. The van der Waals surface area contributed by atoms with Crippen LogP contribution in [-0.2, 0) is 20.7 Å². The number of ether oxygens (including phenoxy) is 1. The first-order valence-electron chi connectivity index (χ1n) is 11.3. The lowest BCUT2D eigenvalue weighted by Gasteiger charge is -2.21. The topological polar surface area (TPSA) is 96.9 Å². The Kier molecular flexibility index (Phi) is 7.36. The Morgan fingerprint density at radius 1 is 1.06 bits per heavy atom. The molecular weight excluding hydrogens is 466 g/mol. The summed E-state index contributed by atoms with van der Waals surface area (Å²) in [6.45, 7) is 4.03. The Morgan fingerprint density at radius 2 is 1.77 bits per heavy atom. The van der Waals surface area contributed by atoms with Gasteiger partial charge in [-0.1, -0.05) is 36.4 Å². The van der Waals surface area contributed by atoms with E-state index in [-0.39, 0.29) is 42.9 Å². The van der Waals surface area contributed by atoms with Crippen LogP contribution in [0.15, 0.2) is 54.6 Å². The molecule has 9 heteroatoms. The van der Waals surface area contributed by atoms with Crippen LogP contribution < -0.4 is 9.80 Å². The number of aryl methyl sites for hydroxylation is 1. The van der Waals surface area contributed by atoms with Gasteiger partial charge in [-0.2, -0.15) is 0 Å². The normalized spacial score (nSPS) is 13.3. The van der Waals surface area contributed by atoms with Crippen LogP contribution in [0.5, 0.6) is 0 Å². The van der Waals surface area contributed by atoms with Crippen molar-refractivity contribution in [3.8, 4) is 0 Å². The van der Waals surface area contributed by atoms with Crippen molar-refractivity contribution in [2.24, 2.45) is 0 Å². The number of hydrogen-bond acceptors (Lipinski definition) is 7. The number of rotatable bonds is 8. The van der Waals surface area contributed by atoms with Gasteiger partial charge in [-0.15, -0.1) is 11.3 Å². The van der Waals surface area contributed by atoms with Gasteiger partial charge in [-0.05, 0) is 44.0 Å². The number of carbonyl (C=O) groups excluding carboxylic acids is 4. The van der Waals surface area contributed by atoms with E-state index in [2.05, 4.69) is 4.98 Å². The van der Waals surface area contributed by atoms with Crippen LogP contribution in [0.4, 0.5) is 10.8 Å². The lowest BCUT2D eigenvalue weighted by atomic mass is 10.1. The van der Waals surface area contributed by atoms with Crippen LogP contribution in [0.3, 0.4) is 0 Å². The van der Waals surface area contributed by atoms with Crippen LogP contribution >= 0.6 is 11.3 Å². The summed E-state index contributed by atoms with van der Waals surface area (Å²) in [4.78, 5) is 58.2.